The van der Waals surface area contributed by atoms with Crippen LogP contribution in [0.15, 0.2) is 36.4 Å². The van der Waals surface area contributed by atoms with Crippen molar-refractivity contribution in [1.82, 2.24) is 15.5 Å². The minimum Gasteiger partial charge on any atom is -0.289 e. The Hall–Kier alpha value is -1.16. The first kappa shape index (κ1) is 18.6. The molecular formula is C22H35N3. The van der Waals surface area contributed by atoms with E-state index in [2.05, 4.69) is 60.2 Å². The number of fused-ring (bicyclic) bond motifs is 3. The van der Waals surface area contributed by atoms with Crippen molar-refractivity contribution in [2.45, 2.75) is 64.7 Å². The molecule has 138 valence electrons. The van der Waals surface area contributed by atoms with Gasteiger partial charge in [-0.3, -0.25) is 15.5 Å². The SMILES string of the molecule is C=C(CCCCCNC1NCCC2c3ccccc3CCN12)C(C)C. The molecule has 3 heteroatoms. The predicted molar refractivity (Wildman–Crippen MR) is 106 cm³/mol. The van der Waals surface area contributed by atoms with Crippen LogP contribution in [0, 0.1) is 5.92 Å². The van der Waals surface area contributed by atoms with Crippen LogP contribution >= 0.6 is 0 Å². The average Bonchev–Trinajstić information content (AvgIpc) is 2.64. The Morgan fingerprint density at radius 1 is 1.28 bits per heavy atom. The van der Waals surface area contributed by atoms with E-state index < -0.39 is 0 Å². The third-order valence-electron chi connectivity index (χ3n) is 5.87. The van der Waals surface area contributed by atoms with Crippen LogP contribution in [0.3, 0.4) is 0 Å². The Morgan fingerprint density at radius 3 is 2.96 bits per heavy atom. The van der Waals surface area contributed by atoms with E-state index in [1.165, 1.54) is 44.1 Å². The number of nitrogens with one attached hydrogen (secondary N) is 2. The normalized spacial score (nSPS) is 23.3. The molecule has 0 aliphatic carbocycles. The van der Waals surface area contributed by atoms with Crippen LogP contribution in [0.4, 0.5) is 0 Å². The molecule has 3 nitrogen and oxygen atoms in total. The molecule has 0 amide bonds. The summed E-state index contributed by atoms with van der Waals surface area (Å²) in [5.41, 5.74) is 4.50. The molecule has 0 saturated carbocycles. The molecule has 25 heavy (non-hydrogen) atoms. The fraction of sp³-hybridized carbons (Fsp3) is 0.636. The third kappa shape index (κ3) is 4.72. The van der Waals surface area contributed by atoms with Crippen LogP contribution in [0.25, 0.3) is 0 Å². The Bertz CT molecular complexity index is 566. The van der Waals surface area contributed by atoms with Gasteiger partial charge >= 0.3 is 0 Å². The minimum atomic E-state index is 0.331. The number of unbranched alkanes of at least 4 members (excludes halogenated alkanes) is 2. The Morgan fingerprint density at radius 2 is 2.12 bits per heavy atom. The van der Waals surface area contributed by atoms with Gasteiger partial charge in [0.15, 0.2) is 0 Å². The van der Waals surface area contributed by atoms with Crippen LogP contribution in [0.5, 0.6) is 0 Å². The van der Waals surface area contributed by atoms with Gasteiger partial charge in [-0.25, -0.2) is 0 Å². The summed E-state index contributed by atoms with van der Waals surface area (Å²) in [6.07, 6.45) is 7.71. The van der Waals surface area contributed by atoms with Crippen LogP contribution in [-0.4, -0.2) is 30.8 Å². The van der Waals surface area contributed by atoms with E-state index in [0.29, 0.717) is 18.2 Å². The summed E-state index contributed by atoms with van der Waals surface area (Å²) in [6, 6.07) is 9.59. The molecule has 0 bridgehead atoms. The highest BCUT2D eigenvalue weighted by molar-refractivity contribution is 5.33. The molecule has 2 aliphatic heterocycles. The van der Waals surface area contributed by atoms with Gasteiger partial charge in [-0.2, -0.15) is 0 Å². The first-order valence-corrected chi connectivity index (χ1v) is 10.1. The zero-order valence-electron chi connectivity index (χ0n) is 16.1. The second kappa shape index (κ2) is 8.98. The van der Waals surface area contributed by atoms with Gasteiger partial charge in [0.2, 0.25) is 0 Å². The molecule has 0 aromatic heterocycles. The maximum absolute atomic E-state index is 4.18. The number of nitrogens with zero attached hydrogens (tertiary/aromatic N) is 1. The van der Waals surface area contributed by atoms with E-state index in [4.69, 9.17) is 0 Å². The lowest BCUT2D eigenvalue weighted by molar-refractivity contribution is 0.0407. The molecule has 1 aromatic carbocycles. The molecule has 0 spiro atoms. The standard InChI is InChI=1S/C22H35N3/c1-17(2)18(3)9-5-4-8-14-23-22-24-15-12-21-20-11-7-6-10-19(20)13-16-25(21)22/h6-7,10-11,17,21-24H,3-5,8-9,12-16H2,1-2H3. The molecule has 2 unspecified atom stereocenters. The summed E-state index contributed by atoms with van der Waals surface area (Å²) in [6.45, 7) is 12.0. The highest BCUT2D eigenvalue weighted by Gasteiger charge is 2.34. The second-order valence-corrected chi connectivity index (χ2v) is 7.93. The lowest BCUT2D eigenvalue weighted by Gasteiger charge is -2.46. The van der Waals surface area contributed by atoms with E-state index >= 15 is 0 Å². The molecule has 1 saturated heterocycles. The van der Waals surface area contributed by atoms with Gasteiger partial charge in [0.25, 0.3) is 0 Å². The maximum atomic E-state index is 4.18. The number of rotatable bonds is 8. The lowest BCUT2D eigenvalue weighted by Crippen LogP contribution is -2.61. The monoisotopic (exact) mass is 341 g/mol. The Labute approximate surface area is 153 Å². The smallest absolute Gasteiger partial charge is 0.115 e. The van der Waals surface area contributed by atoms with Gasteiger partial charge in [-0.1, -0.05) is 56.7 Å². The summed E-state index contributed by atoms with van der Waals surface area (Å²) < 4.78 is 0. The number of hydrogen-bond donors (Lipinski definition) is 2. The topological polar surface area (TPSA) is 27.3 Å². The molecule has 0 radical (unpaired) electrons. The van der Waals surface area contributed by atoms with Gasteiger partial charge in [0.1, 0.15) is 6.29 Å². The maximum Gasteiger partial charge on any atom is 0.115 e. The molecule has 1 fully saturated rings. The van der Waals surface area contributed by atoms with Gasteiger partial charge in [-0.05, 0) is 62.2 Å². The van der Waals surface area contributed by atoms with Crippen molar-refractivity contribution in [3.05, 3.63) is 47.5 Å². The molecular weight excluding hydrogens is 306 g/mol. The van der Waals surface area contributed by atoms with Crippen molar-refractivity contribution in [3.63, 3.8) is 0 Å². The van der Waals surface area contributed by atoms with Crippen LogP contribution in [-0.2, 0) is 6.42 Å². The van der Waals surface area contributed by atoms with Crippen molar-refractivity contribution in [1.29, 1.82) is 0 Å². The molecule has 2 atom stereocenters. The first-order valence-electron chi connectivity index (χ1n) is 10.1. The highest BCUT2D eigenvalue weighted by atomic mass is 15.4. The van der Waals surface area contributed by atoms with Gasteiger partial charge in [0.05, 0.1) is 0 Å². The van der Waals surface area contributed by atoms with Crippen molar-refractivity contribution >= 4 is 0 Å². The van der Waals surface area contributed by atoms with E-state index in [1.54, 1.807) is 11.1 Å². The largest absolute Gasteiger partial charge is 0.289 e. The number of allylic oxidation sites excluding steroid dienone is 1. The van der Waals surface area contributed by atoms with Crippen molar-refractivity contribution in [2.75, 3.05) is 19.6 Å². The minimum absolute atomic E-state index is 0.331. The predicted octanol–water partition coefficient (Wildman–Crippen LogP) is 4.22. The quantitative estimate of drug-likeness (QED) is 0.547. The van der Waals surface area contributed by atoms with E-state index in [1.807, 2.05) is 0 Å². The summed E-state index contributed by atoms with van der Waals surface area (Å²) in [5.74, 6) is 0.628. The Kier molecular flexibility index (Phi) is 6.69. The zero-order valence-corrected chi connectivity index (χ0v) is 16.1. The highest BCUT2D eigenvalue weighted by Crippen LogP contribution is 2.34. The van der Waals surface area contributed by atoms with Crippen LogP contribution in [0.1, 0.15) is 63.1 Å². The summed E-state index contributed by atoms with van der Waals surface area (Å²) in [5, 5.41) is 7.43. The first-order chi connectivity index (χ1) is 12.2. The number of benzene rings is 1. The van der Waals surface area contributed by atoms with E-state index in [-0.39, 0.29) is 0 Å². The fourth-order valence-electron chi connectivity index (χ4n) is 4.15. The average molecular weight is 342 g/mol. The summed E-state index contributed by atoms with van der Waals surface area (Å²) >= 11 is 0. The second-order valence-electron chi connectivity index (χ2n) is 7.93. The van der Waals surface area contributed by atoms with Crippen molar-refractivity contribution in [3.8, 4) is 0 Å². The van der Waals surface area contributed by atoms with Crippen LogP contribution in [0.2, 0.25) is 0 Å². The van der Waals surface area contributed by atoms with Crippen molar-refractivity contribution < 1.29 is 0 Å². The fourth-order valence-corrected chi connectivity index (χ4v) is 4.15. The summed E-state index contributed by atoms with van der Waals surface area (Å²) in [4.78, 5) is 2.63. The van der Waals surface area contributed by atoms with E-state index in [0.717, 1.165) is 19.6 Å². The van der Waals surface area contributed by atoms with Gasteiger partial charge in [-0.15, -0.1) is 0 Å². The summed E-state index contributed by atoms with van der Waals surface area (Å²) in [7, 11) is 0. The lowest BCUT2D eigenvalue weighted by atomic mass is 9.89. The van der Waals surface area contributed by atoms with Gasteiger partial charge < -0.3 is 0 Å². The molecule has 2 aliphatic rings. The molecule has 2 N–H and O–H groups in total. The molecule has 1 aromatic rings. The third-order valence-corrected chi connectivity index (χ3v) is 5.87. The zero-order chi connectivity index (χ0) is 17.6. The van der Waals surface area contributed by atoms with Gasteiger partial charge in [0, 0.05) is 12.6 Å². The van der Waals surface area contributed by atoms with E-state index in [9.17, 15) is 0 Å². The molecule has 2 heterocycles. The van der Waals surface area contributed by atoms with Crippen LogP contribution < -0.4 is 10.6 Å². The number of hydrogen-bond acceptors (Lipinski definition) is 3. The Balaban J connectivity index is 1.43. The van der Waals surface area contributed by atoms with Crippen molar-refractivity contribution in [2.24, 2.45) is 5.92 Å². The molecule has 3 rings (SSSR count).